The Labute approximate surface area is 169 Å². The molecule has 2 nitrogen and oxygen atoms in total. The first-order valence-electron chi connectivity index (χ1n) is 9.73. The first kappa shape index (κ1) is 17.4. The molecule has 140 valence electrons. The maximum atomic E-state index is 12.2. The number of hydrogen-bond donors (Lipinski definition) is 0. The smallest absolute Gasteiger partial charge is 0.338 e. The monoisotopic (exact) mass is 376 g/mol. The summed E-state index contributed by atoms with van der Waals surface area (Å²) in [6, 6.07) is 13.0. The number of esters is 1. The van der Waals surface area contributed by atoms with Crippen LogP contribution >= 0.6 is 0 Å². The number of carbonyl (C=O) groups excluding carboxylic acids is 1. The summed E-state index contributed by atoms with van der Waals surface area (Å²) < 4.78 is 5.64. The van der Waals surface area contributed by atoms with Crippen LogP contribution in [0.3, 0.4) is 0 Å². The standard InChI is InChI=1S/C27H20O2/c1-17(2)27(28)29-26-13-6-5-10-20-23-15-14-22-19-9-4-3-8-18(19)16-25(22)21(23)11-7-12-24(20)26/h3-15H,1,16H2,2H3. The molecule has 3 aliphatic carbocycles. The van der Waals surface area contributed by atoms with Crippen LogP contribution in [0, 0.1) is 0 Å². The van der Waals surface area contributed by atoms with Crippen molar-refractivity contribution < 1.29 is 9.53 Å². The Morgan fingerprint density at radius 1 is 0.931 bits per heavy atom. The van der Waals surface area contributed by atoms with E-state index in [1.165, 1.54) is 27.5 Å². The Morgan fingerprint density at radius 3 is 2.59 bits per heavy atom. The molecule has 2 aromatic carbocycles. The molecule has 0 heterocycles. The van der Waals surface area contributed by atoms with Gasteiger partial charge in [-0.15, -0.1) is 0 Å². The molecule has 0 fully saturated rings. The van der Waals surface area contributed by atoms with Gasteiger partial charge in [-0.25, -0.2) is 4.79 Å². The summed E-state index contributed by atoms with van der Waals surface area (Å²) in [7, 11) is 0. The van der Waals surface area contributed by atoms with Gasteiger partial charge in [0.2, 0.25) is 0 Å². The lowest BCUT2D eigenvalue weighted by Gasteiger charge is -2.11. The van der Waals surface area contributed by atoms with Crippen LogP contribution in [0.15, 0.2) is 96.3 Å². The van der Waals surface area contributed by atoms with E-state index in [1.54, 1.807) is 6.92 Å². The molecule has 0 bridgehead atoms. The highest BCUT2D eigenvalue weighted by molar-refractivity contribution is 5.89. The van der Waals surface area contributed by atoms with Gasteiger partial charge in [0.15, 0.2) is 0 Å². The van der Waals surface area contributed by atoms with Gasteiger partial charge in [-0.1, -0.05) is 79.4 Å². The summed E-state index contributed by atoms with van der Waals surface area (Å²) in [5.41, 5.74) is 7.68. The van der Waals surface area contributed by atoms with Crippen molar-refractivity contribution in [1.82, 2.24) is 0 Å². The average Bonchev–Trinajstić information content (AvgIpc) is 2.85. The quantitative estimate of drug-likeness (QED) is 0.494. The van der Waals surface area contributed by atoms with Crippen molar-refractivity contribution in [3.63, 3.8) is 0 Å². The van der Waals surface area contributed by atoms with Crippen LogP contribution in [-0.2, 0) is 16.0 Å². The maximum absolute atomic E-state index is 12.2. The minimum absolute atomic E-state index is 0.380. The zero-order valence-corrected chi connectivity index (χ0v) is 16.2. The van der Waals surface area contributed by atoms with Crippen molar-refractivity contribution in [2.75, 3.05) is 0 Å². The predicted octanol–water partition coefficient (Wildman–Crippen LogP) is 4.26. The molecule has 0 spiro atoms. The molecule has 0 aliphatic heterocycles. The molecule has 0 atom stereocenters. The van der Waals surface area contributed by atoms with Gasteiger partial charge in [-0.3, -0.25) is 0 Å². The van der Waals surface area contributed by atoms with Gasteiger partial charge in [-0.2, -0.15) is 0 Å². The molecule has 0 saturated heterocycles. The first-order chi connectivity index (χ1) is 14.1. The second-order valence-corrected chi connectivity index (χ2v) is 7.49. The Balaban J connectivity index is 1.76. The summed E-state index contributed by atoms with van der Waals surface area (Å²) in [5.74, 6) is 0.129. The molecule has 2 aromatic rings. The Kier molecular flexibility index (Phi) is 4.06. The van der Waals surface area contributed by atoms with E-state index in [0.29, 0.717) is 11.3 Å². The van der Waals surface area contributed by atoms with Crippen LogP contribution in [0.5, 0.6) is 0 Å². The van der Waals surface area contributed by atoms with Crippen LogP contribution < -0.4 is 10.4 Å². The molecular formula is C27H20O2. The number of carbonyl (C=O) groups is 1. The number of rotatable bonds is 2. The summed E-state index contributed by atoms with van der Waals surface area (Å²) in [6.07, 6.45) is 15.0. The van der Waals surface area contributed by atoms with Gasteiger partial charge < -0.3 is 4.74 Å². The summed E-state index contributed by atoms with van der Waals surface area (Å²) in [6.45, 7) is 5.35. The van der Waals surface area contributed by atoms with Crippen LogP contribution in [0.25, 0.3) is 22.8 Å². The third-order valence-corrected chi connectivity index (χ3v) is 5.58. The van der Waals surface area contributed by atoms with E-state index in [-0.39, 0.29) is 0 Å². The number of fused-ring (bicyclic) bond motifs is 6. The zero-order chi connectivity index (χ0) is 20.0. The summed E-state index contributed by atoms with van der Waals surface area (Å²) >= 11 is 0. The van der Waals surface area contributed by atoms with Crippen LogP contribution in [0.2, 0.25) is 0 Å². The topological polar surface area (TPSA) is 26.3 Å². The molecule has 2 heteroatoms. The fourth-order valence-electron chi connectivity index (χ4n) is 4.19. The molecule has 0 aromatic heterocycles. The lowest BCUT2D eigenvalue weighted by Crippen LogP contribution is -2.30. The number of benzene rings is 2. The molecule has 0 amide bonds. The molecule has 5 rings (SSSR count). The summed E-state index contributed by atoms with van der Waals surface area (Å²) in [5, 5.41) is 2.39. The van der Waals surface area contributed by atoms with Crippen molar-refractivity contribution in [2.45, 2.75) is 13.3 Å². The Bertz CT molecular complexity index is 1330. The fourth-order valence-corrected chi connectivity index (χ4v) is 4.19. The van der Waals surface area contributed by atoms with E-state index in [2.05, 4.69) is 55.1 Å². The van der Waals surface area contributed by atoms with Crippen molar-refractivity contribution in [1.29, 1.82) is 0 Å². The van der Waals surface area contributed by atoms with Gasteiger partial charge in [0.25, 0.3) is 0 Å². The normalized spacial score (nSPS) is 15.6. The van der Waals surface area contributed by atoms with Gasteiger partial charge in [-0.05, 0) is 57.7 Å². The largest absolute Gasteiger partial charge is 0.423 e. The van der Waals surface area contributed by atoms with E-state index in [4.69, 9.17) is 4.74 Å². The third kappa shape index (κ3) is 2.85. The van der Waals surface area contributed by atoms with Crippen molar-refractivity contribution in [3.8, 4) is 11.1 Å². The van der Waals surface area contributed by atoms with E-state index in [1.807, 2.05) is 30.4 Å². The fraction of sp³-hybridized carbons (Fsp3) is 0.0741. The molecule has 29 heavy (non-hydrogen) atoms. The number of ether oxygens (including phenoxy) is 1. The van der Waals surface area contributed by atoms with Crippen LogP contribution in [-0.4, -0.2) is 5.97 Å². The second kappa shape index (κ2) is 6.75. The highest BCUT2D eigenvalue weighted by Crippen LogP contribution is 2.34. The van der Waals surface area contributed by atoms with E-state index >= 15 is 0 Å². The minimum atomic E-state index is -0.412. The average molecular weight is 376 g/mol. The Hall–Kier alpha value is -3.65. The lowest BCUT2D eigenvalue weighted by atomic mass is 9.97. The number of allylic oxidation sites excluding steroid dienone is 7. The maximum Gasteiger partial charge on any atom is 0.338 e. The third-order valence-electron chi connectivity index (χ3n) is 5.58. The van der Waals surface area contributed by atoms with Gasteiger partial charge in [0.05, 0.1) is 0 Å². The Morgan fingerprint density at radius 2 is 1.72 bits per heavy atom. The van der Waals surface area contributed by atoms with Crippen LogP contribution in [0.1, 0.15) is 18.1 Å². The highest BCUT2D eigenvalue weighted by Gasteiger charge is 2.21. The lowest BCUT2D eigenvalue weighted by molar-refractivity contribution is -0.134. The van der Waals surface area contributed by atoms with E-state index in [0.717, 1.165) is 22.8 Å². The first-order valence-corrected chi connectivity index (χ1v) is 9.73. The van der Waals surface area contributed by atoms with Gasteiger partial charge in [0, 0.05) is 11.1 Å². The van der Waals surface area contributed by atoms with Crippen LogP contribution in [0.4, 0.5) is 0 Å². The van der Waals surface area contributed by atoms with Crippen molar-refractivity contribution >= 4 is 17.6 Å². The second-order valence-electron chi connectivity index (χ2n) is 7.49. The van der Waals surface area contributed by atoms with Crippen molar-refractivity contribution in [3.05, 3.63) is 118 Å². The highest BCUT2D eigenvalue weighted by atomic mass is 16.5. The van der Waals surface area contributed by atoms with Gasteiger partial charge in [0.1, 0.15) is 5.76 Å². The molecule has 0 unspecified atom stereocenters. The van der Waals surface area contributed by atoms with E-state index in [9.17, 15) is 4.79 Å². The predicted molar refractivity (Wildman–Crippen MR) is 117 cm³/mol. The molecule has 0 saturated carbocycles. The van der Waals surface area contributed by atoms with Gasteiger partial charge >= 0.3 is 5.97 Å². The molecule has 3 aliphatic rings. The SMILES string of the molecule is C=C(C)C(=O)OC1=C2C=CC=c3c4c(ccc3=C2C=CC=C1)-c1ccccc1C4. The van der Waals surface area contributed by atoms with E-state index < -0.39 is 5.97 Å². The minimum Gasteiger partial charge on any atom is -0.423 e. The molecule has 0 radical (unpaired) electrons. The van der Waals surface area contributed by atoms with Crippen molar-refractivity contribution in [2.24, 2.45) is 0 Å². The summed E-state index contributed by atoms with van der Waals surface area (Å²) in [4.78, 5) is 12.2. The molecule has 0 N–H and O–H groups in total. The zero-order valence-electron chi connectivity index (χ0n) is 16.2. The molecular weight excluding hydrogens is 356 g/mol. The number of hydrogen-bond acceptors (Lipinski definition) is 2.